The lowest BCUT2D eigenvalue weighted by atomic mass is 9.95. The molecule has 0 radical (unpaired) electrons. The van der Waals surface area contributed by atoms with Gasteiger partial charge in [0.25, 0.3) is 0 Å². The van der Waals surface area contributed by atoms with Crippen LogP contribution in [0.4, 0.5) is 0 Å². The predicted octanol–water partition coefficient (Wildman–Crippen LogP) is 2.98. The van der Waals surface area contributed by atoms with Gasteiger partial charge in [0.1, 0.15) is 0 Å². The summed E-state index contributed by atoms with van der Waals surface area (Å²) in [5.41, 5.74) is 2.34. The van der Waals surface area contributed by atoms with Crippen molar-refractivity contribution in [1.82, 2.24) is 15.3 Å². The van der Waals surface area contributed by atoms with Gasteiger partial charge in [0.2, 0.25) is 0 Å². The summed E-state index contributed by atoms with van der Waals surface area (Å²) in [5, 5.41) is 3.47. The van der Waals surface area contributed by atoms with Crippen molar-refractivity contribution in [2.24, 2.45) is 5.41 Å². The van der Waals surface area contributed by atoms with Gasteiger partial charge in [-0.05, 0) is 18.1 Å². The molecule has 21 heavy (non-hydrogen) atoms. The Morgan fingerprint density at radius 1 is 1.10 bits per heavy atom. The summed E-state index contributed by atoms with van der Waals surface area (Å²) in [4.78, 5) is 8.31. The number of nitrogens with one attached hydrogen (secondary N) is 1. The summed E-state index contributed by atoms with van der Waals surface area (Å²) in [6.07, 6.45) is 3.53. The van der Waals surface area contributed by atoms with Crippen LogP contribution in [0, 0.1) is 12.3 Å². The molecule has 0 aliphatic carbocycles. The maximum atomic E-state index is 5.67. The van der Waals surface area contributed by atoms with Crippen LogP contribution in [0.1, 0.15) is 25.0 Å². The number of benzene rings is 1. The van der Waals surface area contributed by atoms with Crippen molar-refractivity contribution in [3.63, 3.8) is 0 Å². The molecule has 0 fully saturated rings. The highest BCUT2D eigenvalue weighted by atomic mass is 16.5. The molecule has 4 nitrogen and oxygen atoms in total. The van der Waals surface area contributed by atoms with Gasteiger partial charge in [0.15, 0.2) is 0 Å². The van der Waals surface area contributed by atoms with Gasteiger partial charge in [-0.25, -0.2) is 9.97 Å². The standard InChI is InChI=1S/C17H23N3O/c1-14-9-19-16(20-10-14)21-13-17(2,3)12-18-11-15-7-5-4-6-8-15/h4-10,18H,11-13H2,1-3H3. The SMILES string of the molecule is Cc1cnc(OCC(C)(C)CNCc2ccccc2)nc1. The molecule has 0 unspecified atom stereocenters. The molecule has 2 aromatic rings. The summed E-state index contributed by atoms with van der Waals surface area (Å²) in [6.45, 7) is 8.61. The monoisotopic (exact) mass is 285 g/mol. The molecule has 0 aliphatic rings. The molecular formula is C17H23N3O. The first-order chi connectivity index (χ1) is 10.1. The molecule has 0 saturated carbocycles. The van der Waals surface area contributed by atoms with E-state index in [0.717, 1.165) is 18.7 Å². The second kappa shape index (κ2) is 7.18. The molecule has 1 N–H and O–H groups in total. The number of rotatable bonds is 7. The highest BCUT2D eigenvalue weighted by Gasteiger charge is 2.19. The van der Waals surface area contributed by atoms with E-state index in [-0.39, 0.29) is 5.41 Å². The summed E-state index contributed by atoms with van der Waals surface area (Å²) >= 11 is 0. The number of nitrogens with zero attached hydrogens (tertiary/aromatic N) is 2. The fourth-order valence-electron chi connectivity index (χ4n) is 1.91. The largest absolute Gasteiger partial charge is 0.463 e. The topological polar surface area (TPSA) is 47.0 Å². The minimum Gasteiger partial charge on any atom is -0.463 e. The van der Waals surface area contributed by atoms with Crippen LogP contribution >= 0.6 is 0 Å². The van der Waals surface area contributed by atoms with Crippen molar-refractivity contribution in [3.05, 3.63) is 53.9 Å². The number of aromatic nitrogens is 2. The predicted molar refractivity (Wildman–Crippen MR) is 84.2 cm³/mol. The number of hydrogen-bond acceptors (Lipinski definition) is 4. The van der Waals surface area contributed by atoms with Crippen molar-refractivity contribution in [2.45, 2.75) is 27.3 Å². The molecule has 112 valence electrons. The van der Waals surface area contributed by atoms with Crippen LogP contribution in [-0.4, -0.2) is 23.1 Å². The van der Waals surface area contributed by atoms with Crippen LogP contribution in [0.3, 0.4) is 0 Å². The zero-order chi connectivity index (χ0) is 15.1. The quantitative estimate of drug-likeness (QED) is 0.849. The molecule has 0 aliphatic heterocycles. The van der Waals surface area contributed by atoms with E-state index in [4.69, 9.17) is 4.74 Å². The van der Waals surface area contributed by atoms with Crippen LogP contribution in [0.15, 0.2) is 42.7 Å². The van der Waals surface area contributed by atoms with E-state index >= 15 is 0 Å². The molecule has 4 heteroatoms. The van der Waals surface area contributed by atoms with Gasteiger partial charge >= 0.3 is 6.01 Å². The van der Waals surface area contributed by atoms with E-state index in [1.165, 1.54) is 5.56 Å². The van der Waals surface area contributed by atoms with Crippen molar-refractivity contribution < 1.29 is 4.74 Å². The van der Waals surface area contributed by atoms with Crippen LogP contribution in [0.5, 0.6) is 6.01 Å². The van der Waals surface area contributed by atoms with Gasteiger partial charge < -0.3 is 10.1 Å². The average molecular weight is 285 g/mol. The maximum Gasteiger partial charge on any atom is 0.316 e. The Morgan fingerprint density at radius 2 is 1.76 bits per heavy atom. The minimum absolute atomic E-state index is 0.0169. The first-order valence-electron chi connectivity index (χ1n) is 7.21. The van der Waals surface area contributed by atoms with Crippen LogP contribution in [0.2, 0.25) is 0 Å². The molecule has 2 rings (SSSR count). The Bertz CT molecular complexity index is 538. The van der Waals surface area contributed by atoms with Gasteiger partial charge in [0.05, 0.1) is 6.61 Å². The Morgan fingerprint density at radius 3 is 2.43 bits per heavy atom. The Labute approximate surface area is 126 Å². The molecule has 1 heterocycles. The first kappa shape index (κ1) is 15.4. The van der Waals surface area contributed by atoms with Crippen LogP contribution in [0.25, 0.3) is 0 Å². The molecule has 0 spiro atoms. The second-order valence-corrected chi connectivity index (χ2v) is 6.09. The van der Waals surface area contributed by atoms with Crippen molar-refractivity contribution in [2.75, 3.05) is 13.2 Å². The first-order valence-corrected chi connectivity index (χ1v) is 7.21. The van der Waals surface area contributed by atoms with Crippen molar-refractivity contribution >= 4 is 0 Å². The molecule has 1 aromatic carbocycles. The molecule has 0 bridgehead atoms. The third-order valence-electron chi connectivity index (χ3n) is 3.12. The van der Waals surface area contributed by atoms with Gasteiger partial charge in [-0.15, -0.1) is 0 Å². The molecule has 0 saturated heterocycles. The van der Waals surface area contributed by atoms with Gasteiger partial charge in [-0.1, -0.05) is 44.2 Å². The maximum absolute atomic E-state index is 5.67. The van der Waals surface area contributed by atoms with E-state index in [9.17, 15) is 0 Å². The number of hydrogen-bond donors (Lipinski definition) is 1. The van der Waals surface area contributed by atoms with Crippen molar-refractivity contribution in [3.8, 4) is 6.01 Å². The fraction of sp³-hybridized carbons (Fsp3) is 0.412. The second-order valence-electron chi connectivity index (χ2n) is 6.09. The Hall–Kier alpha value is -1.94. The average Bonchev–Trinajstić information content (AvgIpc) is 2.48. The molecule has 0 atom stereocenters. The van der Waals surface area contributed by atoms with E-state index < -0.39 is 0 Å². The van der Waals surface area contributed by atoms with Crippen LogP contribution in [-0.2, 0) is 6.54 Å². The molecule has 0 amide bonds. The Kier molecular flexibility index (Phi) is 5.28. The zero-order valence-electron chi connectivity index (χ0n) is 13.0. The normalized spacial score (nSPS) is 11.4. The fourth-order valence-corrected chi connectivity index (χ4v) is 1.91. The summed E-state index contributed by atoms with van der Waals surface area (Å²) in [6, 6.07) is 10.8. The zero-order valence-corrected chi connectivity index (χ0v) is 13.0. The van der Waals surface area contributed by atoms with Crippen LogP contribution < -0.4 is 10.1 Å². The highest BCUT2D eigenvalue weighted by Crippen LogP contribution is 2.15. The number of aryl methyl sites for hydroxylation is 1. The third kappa shape index (κ3) is 5.52. The third-order valence-corrected chi connectivity index (χ3v) is 3.12. The number of ether oxygens (including phenoxy) is 1. The van der Waals surface area contributed by atoms with Gasteiger partial charge in [0, 0.05) is 30.9 Å². The van der Waals surface area contributed by atoms with E-state index in [0.29, 0.717) is 12.6 Å². The summed E-state index contributed by atoms with van der Waals surface area (Å²) < 4.78 is 5.67. The van der Waals surface area contributed by atoms with E-state index in [1.807, 2.05) is 13.0 Å². The van der Waals surface area contributed by atoms with E-state index in [2.05, 4.69) is 53.4 Å². The summed E-state index contributed by atoms with van der Waals surface area (Å²) in [7, 11) is 0. The highest BCUT2D eigenvalue weighted by molar-refractivity contribution is 5.14. The molecular weight excluding hydrogens is 262 g/mol. The van der Waals surface area contributed by atoms with Crippen molar-refractivity contribution in [1.29, 1.82) is 0 Å². The molecule has 1 aromatic heterocycles. The minimum atomic E-state index is 0.0169. The lowest BCUT2D eigenvalue weighted by molar-refractivity contribution is 0.164. The van der Waals surface area contributed by atoms with Gasteiger partial charge in [-0.3, -0.25) is 0 Å². The summed E-state index contributed by atoms with van der Waals surface area (Å²) in [5.74, 6) is 0. The van der Waals surface area contributed by atoms with E-state index in [1.54, 1.807) is 12.4 Å². The Balaban J connectivity index is 1.75. The smallest absolute Gasteiger partial charge is 0.316 e. The lowest BCUT2D eigenvalue weighted by Gasteiger charge is -2.24. The van der Waals surface area contributed by atoms with Gasteiger partial charge in [-0.2, -0.15) is 0 Å². The lowest BCUT2D eigenvalue weighted by Crippen LogP contribution is -2.34.